The molecule has 2 N–H and O–H groups in total. The summed E-state index contributed by atoms with van der Waals surface area (Å²) >= 11 is 12.0. The second kappa shape index (κ2) is 5.91. The maximum atomic E-state index is 11.1. The number of nitrogens with two attached hydrogens (primary N) is 1. The van der Waals surface area contributed by atoms with Gasteiger partial charge in [0.25, 0.3) is 0 Å². The molecule has 0 saturated heterocycles. The number of halogens is 2. The molecule has 1 aromatic carbocycles. The highest BCUT2D eigenvalue weighted by molar-refractivity contribution is 6.37. The Balaban J connectivity index is 2.19. The molecule has 0 aliphatic carbocycles. The second-order valence-corrected chi connectivity index (χ2v) is 4.60. The first-order valence-electron chi connectivity index (χ1n) is 5.38. The summed E-state index contributed by atoms with van der Waals surface area (Å²) in [6, 6.07) is 6.52. The molecule has 0 spiro atoms. The van der Waals surface area contributed by atoms with Crippen LogP contribution in [0, 0.1) is 0 Å². The standard InChI is InChI=1S/C13H10Cl2N2O2/c14-10-4-9(13(16)18)5-11(15)12(10)19-7-8-2-1-3-17-6-8/h1-6H,7H2,(H2,16,18). The smallest absolute Gasteiger partial charge is 0.248 e. The minimum Gasteiger partial charge on any atom is -0.486 e. The van der Waals surface area contributed by atoms with Crippen LogP contribution in [0.4, 0.5) is 0 Å². The summed E-state index contributed by atoms with van der Waals surface area (Å²) in [6.45, 7) is 0.281. The number of primary amides is 1. The van der Waals surface area contributed by atoms with Gasteiger partial charge in [-0.25, -0.2) is 0 Å². The number of aromatic nitrogens is 1. The zero-order chi connectivity index (χ0) is 13.8. The molecule has 4 nitrogen and oxygen atoms in total. The highest BCUT2D eigenvalue weighted by Gasteiger charge is 2.12. The Labute approximate surface area is 120 Å². The van der Waals surface area contributed by atoms with Crippen molar-refractivity contribution in [1.82, 2.24) is 4.98 Å². The van der Waals surface area contributed by atoms with Crippen LogP contribution in [0.2, 0.25) is 10.0 Å². The highest BCUT2D eigenvalue weighted by Crippen LogP contribution is 2.34. The van der Waals surface area contributed by atoms with Crippen molar-refractivity contribution < 1.29 is 9.53 Å². The Kier molecular flexibility index (Phi) is 4.24. The predicted octanol–water partition coefficient (Wildman–Crippen LogP) is 3.07. The van der Waals surface area contributed by atoms with Crippen molar-refractivity contribution in [3.8, 4) is 5.75 Å². The summed E-state index contributed by atoms with van der Waals surface area (Å²) in [5, 5.41) is 0.482. The fourth-order valence-electron chi connectivity index (χ4n) is 1.48. The number of amides is 1. The van der Waals surface area contributed by atoms with Crippen LogP contribution < -0.4 is 10.5 Å². The van der Waals surface area contributed by atoms with E-state index in [1.54, 1.807) is 18.5 Å². The molecule has 19 heavy (non-hydrogen) atoms. The first kappa shape index (κ1) is 13.6. The number of hydrogen-bond donors (Lipinski definition) is 1. The van der Waals surface area contributed by atoms with Gasteiger partial charge in [-0.1, -0.05) is 29.3 Å². The van der Waals surface area contributed by atoms with Gasteiger partial charge in [0.2, 0.25) is 5.91 Å². The third-order valence-electron chi connectivity index (χ3n) is 2.39. The van der Waals surface area contributed by atoms with Crippen LogP contribution in [-0.2, 0) is 6.61 Å². The fourth-order valence-corrected chi connectivity index (χ4v) is 2.08. The van der Waals surface area contributed by atoms with E-state index in [9.17, 15) is 4.79 Å². The van der Waals surface area contributed by atoms with Crippen LogP contribution >= 0.6 is 23.2 Å². The quantitative estimate of drug-likeness (QED) is 0.943. The largest absolute Gasteiger partial charge is 0.486 e. The molecular weight excluding hydrogens is 287 g/mol. The molecule has 0 aliphatic rings. The molecule has 1 aromatic heterocycles. The third-order valence-corrected chi connectivity index (χ3v) is 2.95. The van der Waals surface area contributed by atoms with E-state index in [2.05, 4.69) is 4.98 Å². The molecule has 0 atom stereocenters. The molecule has 1 heterocycles. The van der Waals surface area contributed by atoms with Gasteiger partial charge in [-0.3, -0.25) is 9.78 Å². The number of rotatable bonds is 4. The summed E-state index contributed by atoms with van der Waals surface area (Å²) in [6.07, 6.45) is 3.35. The zero-order valence-corrected chi connectivity index (χ0v) is 11.3. The van der Waals surface area contributed by atoms with Crippen LogP contribution in [0.25, 0.3) is 0 Å². The van der Waals surface area contributed by atoms with Crippen LogP contribution in [0.1, 0.15) is 15.9 Å². The van der Waals surface area contributed by atoms with E-state index in [-0.39, 0.29) is 22.2 Å². The molecule has 0 fully saturated rings. The molecule has 0 aliphatic heterocycles. The van der Waals surface area contributed by atoms with E-state index in [0.29, 0.717) is 5.75 Å². The van der Waals surface area contributed by atoms with Crippen LogP contribution in [-0.4, -0.2) is 10.9 Å². The Hall–Kier alpha value is -1.78. The fraction of sp³-hybridized carbons (Fsp3) is 0.0769. The van der Waals surface area contributed by atoms with E-state index >= 15 is 0 Å². The van der Waals surface area contributed by atoms with Gasteiger partial charge in [0.05, 0.1) is 10.0 Å². The van der Waals surface area contributed by atoms with Crippen molar-refractivity contribution in [2.45, 2.75) is 6.61 Å². The molecule has 0 unspecified atom stereocenters. The Morgan fingerprint density at radius 3 is 2.53 bits per heavy atom. The number of benzene rings is 1. The Morgan fingerprint density at radius 1 is 1.32 bits per heavy atom. The normalized spacial score (nSPS) is 10.2. The van der Waals surface area contributed by atoms with Crippen LogP contribution in [0.3, 0.4) is 0 Å². The molecule has 0 radical (unpaired) electrons. The molecule has 2 rings (SSSR count). The summed E-state index contributed by atoms with van der Waals surface area (Å²) in [4.78, 5) is 15.0. The van der Waals surface area contributed by atoms with Gasteiger partial charge in [-0.15, -0.1) is 0 Å². The molecule has 0 bridgehead atoms. The van der Waals surface area contributed by atoms with Gasteiger partial charge in [0.15, 0.2) is 5.75 Å². The highest BCUT2D eigenvalue weighted by atomic mass is 35.5. The van der Waals surface area contributed by atoms with Crippen molar-refractivity contribution in [2.24, 2.45) is 5.73 Å². The van der Waals surface area contributed by atoms with Gasteiger partial charge in [0.1, 0.15) is 6.61 Å². The van der Waals surface area contributed by atoms with Crippen LogP contribution in [0.15, 0.2) is 36.7 Å². The molecule has 0 saturated carbocycles. The number of nitrogens with zero attached hydrogens (tertiary/aromatic N) is 1. The zero-order valence-electron chi connectivity index (χ0n) is 9.77. The number of hydrogen-bond acceptors (Lipinski definition) is 3. The molecular formula is C13H10Cl2N2O2. The van der Waals surface area contributed by atoms with Crippen LogP contribution in [0.5, 0.6) is 5.75 Å². The number of carbonyl (C=O) groups is 1. The monoisotopic (exact) mass is 296 g/mol. The van der Waals surface area contributed by atoms with Crippen molar-refractivity contribution in [2.75, 3.05) is 0 Å². The lowest BCUT2D eigenvalue weighted by Crippen LogP contribution is -2.11. The molecule has 98 valence electrons. The van der Waals surface area contributed by atoms with Crippen molar-refractivity contribution in [3.63, 3.8) is 0 Å². The van der Waals surface area contributed by atoms with E-state index in [1.165, 1.54) is 12.1 Å². The lowest BCUT2D eigenvalue weighted by Gasteiger charge is -2.10. The summed E-state index contributed by atoms with van der Waals surface area (Å²) < 4.78 is 5.53. The minimum absolute atomic E-state index is 0.240. The van der Waals surface area contributed by atoms with E-state index in [0.717, 1.165) is 5.56 Å². The maximum absolute atomic E-state index is 11.1. The summed E-state index contributed by atoms with van der Waals surface area (Å²) in [5.41, 5.74) is 6.28. The van der Waals surface area contributed by atoms with Gasteiger partial charge >= 0.3 is 0 Å². The lowest BCUT2D eigenvalue weighted by atomic mass is 10.2. The maximum Gasteiger partial charge on any atom is 0.248 e. The number of ether oxygens (including phenoxy) is 1. The average molecular weight is 297 g/mol. The lowest BCUT2D eigenvalue weighted by molar-refractivity contribution is 0.1000. The molecule has 2 aromatic rings. The number of pyridine rings is 1. The first-order valence-corrected chi connectivity index (χ1v) is 6.14. The van der Waals surface area contributed by atoms with Gasteiger partial charge < -0.3 is 10.5 Å². The van der Waals surface area contributed by atoms with Gasteiger partial charge in [-0.2, -0.15) is 0 Å². The van der Waals surface area contributed by atoms with Gasteiger partial charge in [0, 0.05) is 23.5 Å². The topological polar surface area (TPSA) is 65.2 Å². The minimum atomic E-state index is -0.595. The average Bonchev–Trinajstić information content (AvgIpc) is 2.38. The summed E-state index contributed by atoms with van der Waals surface area (Å²) in [5.74, 6) is -0.278. The summed E-state index contributed by atoms with van der Waals surface area (Å²) in [7, 11) is 0. The van der Waals surface area contributed by atoms with Crippen molar-refractivity contribution in [1.29, 1.82) is 0 Å². The van der Waals surface area contributed by atoms with E-state index < -0.39 is 5.91 Å². The Bertz CT molecular complexity index is 580. The van der Waals surface area contributed by atoms with Crippen molar-refractivity contribution >= 4 is 29.1 Å². The van der Waals surface area contributed by atoms with E-state index in [4.69, 9.17) is 33.7 Å². The predicted molar refractivity (Wildman–Crippen MR) is 73.5 cm³/mol. The van der Waals surface area contributed by atoms with Gasteiger partial charge in [-0.05, 0) is 18.2 Å². The SMILES string of the molecule is NC(=O)c1cc(Cl)c(OCc2cccnc2)c(Cl)c1. The van der Waals surface area contributed by atoms with Crippen molar-refractivity contribution in [3.05, 3.63) is 57.8 Å². The first-order chi connectivity index (χ1) is 9.08. The third kappa shape index (κ3) is 3.36. The molecule has 6 heteroatoms. The molecule has 1 amide bonds. The van der Waals surface area contributed by atoms with E-state index in [1.807, 2.05) is 6.07 Å². The second-order valence-electron chi connectivity index (χ2n) is 3.78. The Morgan fingerprint density at radius 2 is 2.00 bits per heavy atom. The number of carbonyl (C=O) groups excluding carboxylic acids is 1.